The van der Waals surface area contributed by atoms with E-state index in [1.165, 1.54) is 4.90 Å². The number of Topliss-reactive ketones (excluding diaryl/α,β-unsaturated/α-hetero) is 1. The Hall–Kier alpha value is -1.64. The number of carbonyl (C=O) groups is 2. The van der Waals surface area contributed by atoms with Gasteiger partial charge in [0.25, 0.3) is 11.7 Å². The van der Waals surface area contributed by atoms with Crippen molar-refractivity contribution in [2.24, 2.45) is 0 Å². The quantitative estimate of drug-likeness (QED) is 0.595. The van der Waals surface area contributed by atoms with E-state index in [9.17, 15) is 9.59 Å². The highest BCUT2D eigenvalue weighted by molar-refractivity contribution is 6.42. The molecule has 0 unspecified atom stereocenters. The molecule has 0 N–H and O–H groups in total. The van der Waals surface area contributed by atoms with Crippen LogP contribution in [0.15, 0.2) is 18.2 Å². The monoisotopic (exact) mass is 247 g/mol. The van der Waals surface area contributed by atoms with Gasteiger partial charge in [-0.15, -0.1) is 0 Å². The highest BCUT2D eigenvalue weighted by Crippen LogP contribution is 2.24. The maximum absolute atomic E-state index is 12.1. The van der Waals surface area contributed by atoms with Gasteiger partial charge in [-0.3, -0.25) is 9.59 Å². The van der Waals surface area contributed by atoms with E-state index < -0.39 is 11.7 Å². The van der Waals surface area contributed by atoms with Crippen LogP contribution in [0.1, 0.15) is 42.3 Å². The van der Waals surface area contributed by atoms with Crippen LogP contribution in [0, 0.1) is 6.92 Å². The summed E-state index contributed by atoms with van der Waals surface area (Å²) in [6, 6.07) is 5.74. The maximum atomic E-state index is 12.1. The summed E-state index contributed by atoms with van der Waals surface area (Å²) >= 11 is 0. The Labute approximate surface area is 109 Å². The van der Waals surface area contributed by atoms with E-state index in [0.717, 1.165) is 11.1 Å². The molecule has 18 heavy (non-hydrogen) atoms. The van der Waals surface area contributed by atoms with Crippen molar-refractivity contribution < 1.29 is 9.59 Å². The number of hydrogen-bond acceptors (Lipinski definition) is 2. The van der Waals surface area contributed by atoms with E-state index in [1.54, 1.807) is 14.1 Å². The number of carbonyl (C=O) groups excluding carboxylic acids is 2. The Kier molecular flexibility index (Phi) is 3.95. The first-order valence-electron chi connectivity index (χ1n) is 6.01. The van der Waals surface area contributed by atoms with Gasteiger partial charge in [0, 0.05) is 19.7 Å². The van der Waals surface area contributed by atoms with E-state index in [4.69, 9.17) is 0 Å². The van der Waals surface area contributed by atoms with Crippen molar-refractivity contribution in [1.29, 1.82) is 0 Å². The summed E-state index contributed by atoms with van der Waals surface area (Å²) in [6.07, 6.45) is 0. The summed E-state index contributed by atoms with van der Waals surface area (Å²) < 4.78 is 0. The number of aryl methyl sites for hydroxylation is 1. The first-order valence-corrected chi connectivity index (χ1v) is 6.01. The van der Waals surface area contributed by atoms with Gasteiger partial charge in [-0.2, -0.15) is 0 Å². The molecule has 1 aromatic rings. The molecule has 98 valence electrons. The molecule has 0 aliphatic rings. The van der Waals surface area contributed by atoms with Crippen molar-refractivity contribution in [2.45, 2.75) is 33.1 Å². The average molecular weight is 247 g/mol. The van der Waals surface area contributed by atoms with Crippen molar-refractivity contribution in [3.8, 4) is 0 Å². The smallest absolute Gasteiger partial charge is 0.294 e. The van der Waals surface area contributed by atoms with E-state index >= 15 is 0 Å². The van der Waals surface area contributed by atoms with Crippen LogP contribution in [-0.2, 0) is 10.2 Å². The van der Waals surface area contributed by atoms with E-state index in [1.807, 2.05) is 25.1 Å². The van der Waals surface area contributed by atoms with E-state index in [-0.39, 0.29) is 5.41 Å². The summed E-state index contributed by atoms with van der Waals surface area (Å²) in [6.45, 7) is 8.10. The minimum atomic E-state index is -0.482. The third kappa shape index (κ3) is 2.97. The lowest BCUT2D eigenvalue weighted by Gasteiger charge is -2.20. The predicted molar refractivity (Wildman–Crippen MR) is 72.9 cm³/mol. The van der Waals surface area contributed by atoms with Crippen molar-refractivity contribution in [2.75, 3.05) is 14.1 Å². The van der Waals surface area contributed by atoms with Gasteiger partial charge in [0.05, 0.1) is 0 Å². The van der Waals surface area contributed by atoms with Crippen LogP contribution in [0.3, 0.4) is 0 Å². The molecule has 0 saturated heterocycles. The fourth-order valence-electron chi connectivity index (χ4n) is 1.65. The SMILES string of the molecule is Cc1ccc(C(C)(C)C)cc1C(=O)C(=O)N(C)C. The predicted octanol–water partition coefficient (Wildman–Crippen LogP) is 2.56. The molecular weight excluding hydrogens is 226 g/mol. The summed E-state index contributed by atoms with van der Waals surface area (Å²) in [5, 5.41) is 0. The molecule has 0 aliphatic heterocycles. The minimum Gasteiger partial charge on any atom is -0.342 e. The lowest BCUT2D eigenvalue weighted by molar-refractivity contribution is -0.124. The van der Waals surface area contributed by atoms with Crippen LogP contribution < -0.4 is 0 Å². The van der Waals surface area contributed by atoms with E-state index in [0.29, 0.717) is 5.56 Å². The molecule has 1 amide bonds. The van der Waals surface area contributed by atoms with Gasteiger partial charge in [-0.25, -0.2) is 0 Å². The van der Waals surface area contributed by atoms with Gasteiger partial charge < -0.3 is 4.90 Å². The van der Waals surface area contributed by atoms with Crippen LogP contribution in [0.4, 0.5) is 0 Å². The second-order valence-electron chi connectivity index (χ2n) is 5.81. The van der Waals surface area contributed by atoms with Gasteiger partial charge in [0.2, 0.25) is 0 Å². The Morgan fingerprint density at radius 2 is 1.67 bits per heavy atom. The fraction of sp³-hybridized carbons (Fsp3) is 0.467. The van der Waals surface area contributed by atoms with Crippen LogP contribution in [0.25, 0.3) is 0 Å². The van der Waals surface area contributed by atoms with Crippen molar-refractivity contribution >= 4 is 11.7 Å². The summed E-state index contributed by atoms with van der Waals surface area (Å²) in [5.74, 6) is -0.923. The molecule has 0 aromatic heterocycles. The number of hydrogen-bond donors (Lipinski definition) is 0. The minimum absolute atomic E-state index is 0.0378. The highest BCUT2D eigenvalue weighted by Gasteiger charge is 2.22. The van der Waals surface area contributed by atoms with E-state index in [2.05, 4.69) is 20.8 Å². The third-order valence-corrected chi connectivity index (χ3v) is 2.95. The Morgan fingerprint density at radius 3 is 2.11 bits per heavy atom. The zero-order chi connectivity index (χ0) is 14.1. The van der Waals surface area contributed by atoms with Crippen molar-refractivity contribution in [3.05, 3.63) is 34.9 Å². The molecule has 3 heteroatoms. The lowest BCUT2D eigenvalue weighted by Crippen LogP contribution is -2.30. The second kappa shape index (κ2) is 4.92. The standard InChI is InChI=1S/C15H21NO2/c1-10-7-8-11(15(2,3)4)9-12(10)13(17)14(18)16(5)6/h7-9H,1-6H3. The van der Waals surface area contributed by atoms with Gasteiger partial charge in [0.1, 0.15) is 0 Å². The molecule has 0 atom stereocenters. The lowest BCUT2D eigenvalue weighted by atomic mass is 9.84. The number of ketones is 1. The zero-order valence-corrected chi connectivity index (χ0v) is 12.0. The molecule has 0 spiro atoms. The number of rotatable bonds is 2. The van der Waals surface area contributed by atoms with Crippen LogP contribution >= 0.6 is 0 Å². The zero-order valence-electron chi connectivity index (χ0n) is 12.0. The Balaban J connectivity index is 3.25. The van der Waals surface area contributed by atoms with Gasteiger partial charge in [0.15, 0.2) is 0 Å². The molecule has 0 fully saturated rings. The molecule has 1 aromatic carbocycles. The van der Waals surface area contributed by atoms with Crippen molar-refractivity contribution in [1.82, 2.24) is 4.90 Å². The molecule has 3 nitrogen and oxygen atoms in total. The first kappa shape index (κ1) is 14.4. The highest BCUT2D eigenvalue weighted by atomic mass is 16.2. The molecule has 0 radical (unpaired) electrons. The number of amides is 1. The van der Waals surface area contributed by atoms with Gasteiger partial charge in [-0.05, 0) is 29.5 Å². The molecule has 0 bridgehead atoms. The van der Waals surface area contributed by atoms with Crippen LogP contribution in [0.2, 0.25) is 0 Å². The topological polar surface area (TPSA) is 37.4 Å². The molecule has 0 aliphatic carbocycles. The fourth-order valence-corrected chi connectivity index (χ4v) is 1.65. The van der Waals surface area contributed by atoms with Gasteiger partial charge in [-0.1, -0.05) is 32.9 Å². The maximum Gasteiger partial charge on any atom is 0.294 e. The third-order valence-electron chi connectivity index (χ3n) is 2.95. The van der Waals surface area contributed by atoms with Crippen LogP contribution in [0.5, 0.6) is 0 Å². The second-order valence-corrected chi connectivity index (χ2v) is 5.81. The number of nitrogens with zero attached hydrogens (tertiary/aromatic N) is 1. The summed E-state index contributed by atoms with van der Waals surface area (Å²) in [7, 11) is 3.17. The largest absolute Gasteiger partial charge is 0.342 e. The summed E-state index contributed by atoms with van der Waals surface area (Å²) in [5.41, 5.74) is 2.36. The van der Waals surface area contributed by atoms with Crippen molar-refractivity contribution in [3.63, 3.8) is 0 Å². The first-order chi connectivity index (χ1) is 8.14. The normalized spacial score (nSPS) is 11.2. The Bertz CT molecular complexity index is 482. The van der Waals surface area contributed by atoms with Gasteiger partial charge >= 0.3 is 0 Å². The molecule has 0 saturated carbocycles. The number of benzene rings is 1. The molecule has 0 heterocycles. The Morgan fingerprint density at radius 1 is 1.11 bits per heavy atom. The van der Waals surface area contributed by atoms with Crippen LogP contribution in [-0.4, -0.2) is 30.7 Å². The molecular formula is C15H21NO2. The molecule has 1 rings (SSSR count). The average Bonchev–Trinajstić information content (AvgIpc) is 2.26. The summed E-state index contributed by atoms with van der Waals surface area (Å²) in [4.78, 5) is 25.1. The number of likely N-dealkylation sites (N-methyl/N-ethyl adjacent to an activating group) is 1.